The van der Waals surface area contributed by atoms with Gasteiger partial charge in [0.2, 0.25) is 0 Å². The Labute approximate surface area is 245 Å². The van der Waals surface area contributed by atoms with Gasteiger partial charge in [0.05, 0.1) is 23.6 Å². The molecule has 0 amide bonds. The molecule has 6 heterocycles. The molecule has 2 aliphatic heterocycles. The van der Waals surface area contributed by atoms with Gasteiger partial charge in [0.1, 0.15) is 23.1 Å². The molecule has 4 aromatic heterocycles. The van der Waals surface area contributed by atoms with Gasteiger partial charge >= 0.3 is 0 Å². The van der Waals surface area contributed by atoms with E-state index in [2.05, 4.69) is 26.9 Å². The monoisotopic (exact) mass is 559 g/mol. The van der Waals surface area contributed by atoms with E-state index < -0.39 is 0 Å². The summed E-state index contributed by atoms with van der Waals surface area (Å²) in [5.74, 6) is 3.41. The van der Waals surface area contributed by atoms with Crippen LogP contribution in [0.15, 0.2) is 79.1 Å². The smallest absolute Gasteiger partial charge is 0.154 e. The van der Waals surface area contributed by atoms with Crippen LogP contribution in [0.3, 0.4) is 0 Å². The van der Waals surface area contributed by atoms with E-state index in [-0.39, 0.29) is 11.9 Å². The highest BCUT2D eigenvalue weighted by Gasteiger charge is 2.33. The third kappa shape index (κ3) is 4.59. The largest absolute Gasteiger partial charge is 0.356 e. The molecule has 8 heteroatoms. The zero-order valence-electron chi connectivity index (χ0n) is 23.6. The standard InChI is InChI=1S/C34H34FN7/c35-27-8-2-7-25(19-27)30-11-4-17-41(30)33-13-12-32-37-21-31(42(32)39-33)29-10-3-9-28(38-29)24-14-16-36-34(20-24)40-18-15-26(22-40)23-5-1-6-23/h2-3,7-10,12-14,16,19-21,23,26,30H,1,4-6,11,15,17-18,22H2. The lowest BCUT2D eigenvalue weighted by atomic mass is 9.75. The Bertz CT molecular complexity index is 1750. The van der Waals surface area contributed by atoms with Crippen molar-refractivity contribution in [2.24, 2.45) is 11.8 Å². The Balaban J connectivity index is 1.08. The number of fused-ring (bicyclic) bond motifs is 1. The average molecular weight is 560 g/mol. The van der Waals surface area contributed by atoms with Crippen LogP contribution in [0.2, 0.25) is 0 Å². The van der Waals surface area contributed by atoms with Gasteiger partial charge in [0.25, 0.3) is 0 Å². The van der Waals surface area contributed by atoms with Gasteiger partial charge in [0.15, 0.2) is 5.65 Å². The van der Waals surface area contributed by atoms with Crippen molar-refractivity contribution in [1.29, 1.82) is 0 Å². The highest BCUT2D eigenvalue weighted by molar-refractivity contribution is 5.68. The van der Waals surface area contributed by atoms with Gasteiger partial charge in [-0.3, -0.25) is 0 Å². The minimum Gasteiger partial charge on any atom is -0.356 e. The molecule has 5 aromatic rings. The second kappa shape index (κ2) is 10.5. The molecule has 212 valence electrons. The number of anilines is 2. The molecular weight excluding hydrogens is 525 g/mol. The third-order valence-electron chi connectivity index (χ3n) is 9.55. The van der Waals surface area contributed by atoms with E-state index in [9.17, 15) is 4.39 Å². The van der Waals surface area contributed by atoms with Gasteiger partial charge in [-0.2, -0.15) is 0 Å². The van der Waals surface area contributed by atoms with Gasteiger partial charge in [-0.25, -0.2) is 23.9 Å². The number of benzene rings is 1. The van der Waals surface area contributed by atoms with Gasteiger partial charge in [-0.1, -0.05) is 37.5 Å². The van der Waals surface area contributed by atoms with Crippen LogP contribution in [0.4, 0.5) is 16.0 Å². The Kier molecular flexibility index (Phi) is 6.34. The van der Waals surface area contributed by atoms with E-state index in [4.69, 9.17) is 15.1 Å². The number of nitrogens with zero attached hydrogens (tertiary/aromatic N) is 7. The van der Waals surface area contributed by atoms with Crippen LogP contribution >= 0.6 is 0 Å². The van der Waals surface area contributed by atoms with Gasteiger partial charge in [0, 0.05) is 31.4 Å². The summed E-state index contributed by atoms with van der Waals surface area (Å²) >= 11 is 0. The lowest BCUT2D eigenvalue weighted by Gasteiger charge is -2.31. The van der Waals surface area contributed by atoms with E-state index in [1.165, 1.54) is 31.7 Å². The molecule has 0 radical (unpaired) electrons. The molecule has 8 rings (SSSR count). The number of rotatable bonds is 6. The van der Waals surface area contributed by atoms with Crippen LogP contribution in [-0.4, -0.2) is 44.2 Å². The van der Waals surface area contributed by atoms with Crippen LogP contribution in [0.1, 0.15) is 50.1 Å². The molecule has 3 fully saturated rings. The lowest BCUT2D eigenvalue weighted by molar-refractivity contribution is 0.221. The van der Waals surface area contributed by atoms with Crippen LogP contribution in [0, 0.1) is 17.7 Å². The van der Waals surface area contributed by atoms with Crippen molar-refractivity contribution >= 4 is 17.3 Å². The first-order valence-electron chi connectivity index (χ1n) is 15.3. The summed E-state index contributed by atoms with van der Waals surface area (Å²) in [6.45, 7) is 3.07. The minimum absolute atomic E-state index is 0.0968. The van der Waals surface area contributed by atoms with E-state index in [0.717, 1.165) is 89.8 Å². The molecule has 0 bridgehead atoms. The van der Waals surface area contributed by atoms with E-state index in [1.807, 2.05) is 53.3 Å². The molecule has 0 N–H and O–H groups in total. The van der Waals surface area contributed by atoms with Crippen LogP contribution in [-0.2, 0) is 0 Å². The maximum Gasteiger partial charge on any atom is 0.154 e. The van der Waals surface area contributed by atoms with Crippen molar-refractivity contribution in [2.45, 2.75) is 44.6 Å². The summed E-state index contributed by atoms with van der Waals surface area (Å²) in [4.78, 5) is 19.1. The van der Waals surface area contributed by atoms with Crippen molar-refractivity contribution in [3.63, 3.8) is 0 Å². The second-order valence-corrected chi connectivity index (χ2v) is 12.0. The molecule has 3 aliphatic rings. The normalized spacial score (nSPS) is 20.9. The van der Waals surface area contributed by atoms with Crippen LogP contribution in [0.5, 0.6) is 0 Å². The lowest BCUT2D eigenvalue weighted by Crippen LogP contribution is -2.26. The maximum absolute atomic E-state index is 14.0. The Morgan fingerprint density at radius 1 is 0.762 bits per heavy atom. The summed E-state index contributed by atoms with van der Waals surface area (Å²) in [6.07, 6.45) is 11.2. The van der Waals surface area contributed by atoms with Crippen molar-refractivity contribution < 1.29 is 4.39 Å². The molecule has 1 aliphatic carbocycles. The Hall–Kier alpha value is -4.33. The van der Waals surface area contributed by atoms with Crippen molar-refractivity contribution in [2.75, 3.05) is 29.4 Å². The van der Waals surface area contributed by atoms with Crippen molar-refractivity contribution in [1.82, 2.24) is 24.6 Å². The Morgan fingerprint density at radius 3 is 2.55 bits per heavy atom. The highest BCUT2D eigenvalue weighted by atomic mass is 19.1. The molecule has 0 spiro atoms. The number of pyridine rings is 2. The molecule has 2 atom stereocenters. The number of aromatic nitrogens is 5. The molecule has 42 heavy (non-hydrogen) atoms. The Morgan fingerprint density at radius 2 is 1.67 bits per heavy atom. The fraction of sp³-hybridized carbons (Fsp3) is 0.353. The van der Waals surface area contributed by atoms with Crippen molar-refractivity contribution in [3.05, 3.63) is 90.5 Å². The number of hydrogen-bond acceptors (Lipinski definition) is 6. The minimum atomic E-state index is -0.203. The summed E-state index contributed by atoms with van der Waals surface area (Å²) in [5, 5.41) is 5.02. The first-order chi connectivity index (χ1) is 20.7. The topological polar surface area (TPSA) is 62.5 Å². The fourth-order valence-corrected chi connectivity index (χ4v) is 7.07. The van der Waals surface area contributed by atoms with E-state index >= 15 is 0 Å². The number of halogens is 1. The van der Waals surface area contributed by atoms with E-state index in [1.54, 1.807) is 12.1 Å². The zero-order valence-corrected chi connectivity index (χ0v) is 23.6. The molecule has 7 nitrogen and oxygen atoms in total. The summed E-state index contributed by atoms with van der Waals surface area (Å²) in [5.41, 5.74) is 5.38. The predicted molar refractivity (Wildman–Crippen MR) is 163 cm³/mol. The maximum atomic E-state index is 14.0. The second-order valence-electron chi connectivity index (χ2n) is 12.0. The van der Waals surface area contributed by atoms with Crippen molar-refractivity contribution in [3.8, 4) is 22.6 Å². The molecule has 1 aromatic carbocycles. The average Bonchev–Trinajstić information content (AvgIpc) is 3.76. The fourth-order valence-electron chi connectivity index (χ4n) is 7.07. The quantitative estimate of drug-likeness (QED) is 0.224. The predicted octanol–water partition coefficient (Wildman–Crippen LogP) is 6.96. The number of hydrogen-bond donors (Lipinski definition) is 0. The SMILES string of the molecule is Fc1cccc(C2CCCN2c2ccc3ncc(-c4cccc(-c5ccnc(N6CCC(C7CCC7)C6)c5)n4)n3n2)c1. The van der Waals surface area contributed by atoms with Gasteiger partial charge in [-0.05, 0) is 85.2 Å². The molecular formula is C34H34FN7. The molecule has 1 saturated carbocycles. The van der Waals surface area contributed by atoms with Gasteiger partial charge < -0.3 is 9.80 Å². The zero-order chi connectivity index (χ0) is 28.0. The highest BCUT2D eigenvalue weighted by Crippen LogP contribution is 2.39. The summed E-state index contributed by atoms with van der Waals surface area (Å²) in [7, 11) is 0. The number of imidazole rings is 1. The third-order valence-corrected chi connectivity index (χ3v) is 9.55. The summed E-state index contributed by atoms with van der Waals surface area (Å²) < 4.78 is 15.9. The first-order valence-corrected chi connectivity index (χ1v) is 15.3. The summed E-state index contributed by atoms with van der Waals surface area (Å²) in [6, 6.07) is 21.4. The van der Waals surface area contributed by atoms with Crippen LogP contribution in [0.25, 0.3) is 28.3 Å². The molecule has 2 saturated heterocycles. The van der Waals surface area contributed by atoms with Gasteiger partial charge in [-0.15, -0.1) is 5.10 Å². The van der Waals surface area contributed by atoms with E-state index in [0.29, 0.717) is 0 Å². The first kappa shape index (κ1) is 25.4. The van der Waals surface area contributed by atoms with Crippen LogP contribution < -0.4 is 9.80 Å². The molecule has 2 unspecified atom stereocenters.